The molecular weight excluding hydrogens is 270 g/mol. The van der Waals surface area contributed by atoms with Gasteiger partial charge in [-0.3, -0.25) is 4.98 Å². The average Bonchev–Trinajstić information content (AvgIpc) is 2.42. The molecule has 4 heteroatoms. The molecule has 0 saturated carbocycles. The average molecular weight is 290 g/mol. The number of nitrogens with one attached hydrogen (secondary N) is 1. The molecule has 0 amide bonds. The summed E-state index contributed by atoms with van der Waals surface area (Å²) in [4.78, 5) is 4.35. The maximum absolute atomic E-state index is 13.9. The zero-order valence-electron chi connectivity index (χ0n) is 12.6. The molecule has 112 valence electrons. The van der Waals surface area contributed by atoms with Gasteiger partial charge in [-0.2, -0.15) is 0 Å². The van der Waals surface area contributed by atoms with Crippen molar-refractivity contribution in [3.63, 3.8) is 0 Å². The lowest BCUT2D eigenvalue weighted by molar-refractivity contribution is 0.481. The van der Waals surface area contributed by atoms with Gasteiger partial charge in [-0.05, 0) is 56.1 Å². The summed E-state index contributed by atoms with van der Waals surface area (Å²) in [5.74, 6) is -1.56. The van der Waals surface area contributed by atoms with Crippen LogP contribution in [0.15, 0.2) is 30.3 Å². The molecule has 1 aromatic carbocycles. The van der Waals surface area contributed by atoms with E-state index in [0.717, 1.165) is 29.6 Å². The molecule has 2 nitrogen and oxygen atoms in total. The smallest absolute Gasteiger partial charge is 0.162 e. The summed E-state index contributed by atoms with van der Waals surface area (Å²) in [6.07, 6.45) is 0.403. The molecule has 1 N–H and O–H groups in total. The molecule has 0 aliphatic rings. The van der Waals surface area contributed by atoms with Gasteiger partial charge in [-0.1, -0.05) is 19.1 Å². The van der Waals surface area contributed by atoms with Crippen molar-refractivity contribution < 1.29 is 8.78 Å². The topological polar surface area (TPSA) is 24.9 Å². The van der Waals surface area contributed by atoms with Gasteiger partial charge in [0.1, 0.15) is 0 Å². The predicted octanol–water partition coefficient (Wildman–Crippen LogP) is 3.87. The van der Waals surface area contributed by atoms with E-state index in [1.165, 1.54) is 0 Å². The van der Waals surface area contributed by atoms with Gasteiger partial charge < -0.3 is 5.32 Å². The van der Waals surface area contributed by atoms with E-state index in [0.29, 0.717) is 12.0 Å². The van der Waals surface area contributed by atoms with Gasteiger partial charge in [0, 0.05) is 17.4 Å². The van der Waals surface area contributed by atoms with E-state index in [1.807, 2.05) is 32.9 Å². The Labute approximate surface area is 124 Å². The first kappa shape index (κ1) is 15.6. The van der Waals surface area contributed by atoms with Crippen LogP contribution >= 0.6 is 0 Å². The molecule has 1 aromatic heterocycles. The number of nitrogens with zero attached hydrogens (tertiary/aromatic N) is 1. The standard InChI is InChI=1S/C17H20F2N2/c1-4-20-16(14-8-11(2)21-12(3)9-14)10-13-6-5-7-15(18)17(13)19/h5-9,16,20H,4,10H2,1-3H3. The fourth-order valence-electron chi connectivity index (χ4n) is 2.55. The fraction of sp³-hybridized carbons (Fsp3) is 0.353. The van der Waals surface area contributed by atoms with Crippen molar-refractivity contribution in [1.82, 2.24) is 10.3 Å². The second-order valence-electron chi connectivity index (χ2n) is 5.21. The van der Waals surface area contributed by atoms with Crippen molar-refractivity contribution >= 4 is 0 Å². The van der Waals surface area contributed by atoms with Crippen molar-refractivity contribution in [3.05, 3.63) is 64.5 Å². The van der Waals surface area contributed by atoms with E-state index in [2.05, 4.69) is 10.3 Å². The maximum atomic E-state index is 13.9. The minimum absolute atomic E-state index is 0.0632. The Bertz CT molecular complexity index is 606. The van der Waals surface area contributed by atoms with Gasteiger partial charge in [-0.25, -0.2) is 8.78 Å². The third-order valence-corrected chi connectivity index (χ3v) is 3.41. The molecule has 0 fully saturated rings. The number of aryl methyl sites for hydroxylation is 2. The predicted molar refractivity (Wildman–Crippen MR) is 80.2 cm³/mol. The first-order valence-electron chi connectivity index (χ1n) is 7.12. The van der Waals surface area contributed by atoms with Crippen LogP contribution in [0.5, 0.6) is 0 Å². The van der Waals surface area contributed by atoms with Crippen LogP contribution in [-0.2, 0) is 6.42 Å². The largest absolute Gasteiger partial charge is 0.310 e. The lowest BCUT2D eigenvalue weighted by Gasteiger charge is -2.20. The number of hydrogen-bond donors (Lipinski definition) is 1. The molecule has 0 radical (unpaired) electrons. The highest BCUT2D eigenvalue weighted by atomic mass is 19.2. The van der Waals surface area contributed by atoms with Crippen LogP contribution in [0.4, 0.5) is 8.78 Å². The Morgan fingerprint density at radius 1 is 1.14 bits per heavy atom. The summed E-state index contributed by atoms with van der Waals surface area (Å²) in [7, 11) is 0. The van der Waals surface area contributed by atoms with Crippen LogP contribution in [-0.4, -0.2) is 11.5 Å². The fourth-order valence-corrected chi connectivity index (χ4v) is 2.55. The number of pyridine rings is 1. The van der Waals surface area contributed by atoms with Gasteiger partial charge in [0.2, 0.25) is 0 Å². The van der Waals surface area contributed by atoms with E-state index in [-0.39, 0.29) is 6.04 Å². The van der Waals surface area contributed by atoms with Crippen molar-refractivity contribution in [2.75, 3.05) is 6.54 Å². The van der Waals surface area contributed by atoms with E-state index in [9.17, 15) is 8.78 Å². The normalized spacial score (nSPS) is 12.4. The Morgan fingerprint density at radius 3 is 2.43 bits per heavy atom. The Hall–Kier alpha value is -1.81. The number of rotatable bonds is 5. The maximum Gasteiger partial charge on any atom is 0.162 e. The molecule has 0 aliphatic heterocycles. The van der Waals surface area contributed by atoms with E-state index in [4.69, 9.17) is 0 Å². The van der Waals surface area contributed by atoms with Crippen LogP contribution in [0.3, 0.4) is 0 Å². The summed E-state index contributed by atoms with van der Waals surface area (Å²) >= 11 is 0. The molecule has 0 spiro atoms. The summed E-state index contributed by atoms with van der Waals surface area (Å²) < 4.78 is 27.2. The minimum atomic E-state index is -0.801. The third-order valence-electron chi connectivity index (χ3n) is 3.41. The highest BCUT2D eigenvalue weighted by Crippen LogP contribution is 2.22. The third kappa shape index (κ3) is 3.85. The molecule has 2 aromatic rings. The van der Waals surface area contributed by atoms with Crippen LogP contribution in [0.1, 0.15) is 35.5 Å². The Balaban J connectivity index is 2.32. The lowest BCUT2D eigenvalue weighted by atomic mass is 9.98. The quantitative estimate of drug-likeness (QED) is 0.904. The van der Waals surface area contributed by atoms with E-state index in [1.54, 1.807) is 12.1 Å². The molecule has 1 unspecified atom stereocenters. The Morgan fingerprint density at radius 2 is 1.81 bits per heavy atom. The molecule has 0 bridgehead atoms. The monoisotopic (exact) mass is 290 g/mol. The van der Waals surface area contributed by atoms with Crippen LogP contribution in [0.25, 0.3) is 0 Å². The number of aromatic nitrogens is 1. The Kier molecular flexibility index (Phi) is 5.02. The first-order chi connectivity index (χ1) is 10.0. The molecule has 0 aliphatic carbocycles. The van der Waals surface area contributed by atoms with Gasteiger partial charge in [0.05, 0.1) is 0 Å². The van der Waals surface area contributed by atoms with Crippen molar-refractivity contribution in [2.24, 2.45) is 0 Å². The van der Waals surface area contributed by atoms with Crippen molar-refractivity contribution in [3.8, 4) is 0 Å². The zero-order chi connectivity index (χ0) is 15.4. The number of halogens is 2. The molecule has 2 rings (SSSR count). The lowest BCUT2D eigenvalue weighted by Crippen LogP contribution is -2.24. The number of benzene rings is 1. The zero-order valence-corrected chi connectivity index (χ0v) is 12.6. The SMILES string of the molecule is CCNC(Cc1cccc(F)c1F)c1cc(C)nc(C)c1. The van der Waals surface area contributed by atoms with Crippen molar-refractivity contribution in [1.29, 1.82) is 0 Å². The highest BCUT2D eigenvalue weighted by molar-refractivity contribution is 5.27. The van der Waals surface area contributed by atoms with Gasteiger partial charge in [-0.15, -0.1) is 0 Å². The summed E-state index contributed by atoms with van der Waals surface area (Å²) in [6.45, 7) is 6.61. The highest BCUT2D eigenvalue weighted by Gasteiger charge is 2.16. The summed E-state index contributed by atoms with van der Waals surface area (Å²) in [6, 6.07) is 8.21. The molecule has 1 atom stereocenters. The van der Waals surface area contributed by atoms with Crippen LogP contribution in [0, 0.1) is 25.5 Å². The van der Waals surface area contributed by atoms with Gasteiger partial charge in [0.15, 0.2) is 11.6 Å². The molecule has 1 heterocycles. The number of hydrogen-bond acceptors (Lipinski definition) is 2. The molecular formula is C17H20F2N2. The van der Waals surface area contributed by atoms with Crippen LogP contribution in [0.2, 0.25) is 0 Å². The van der Waals surface area contributed by atoms with Crippen LogP contribution < -0.4 is 5.32 Å². The molecule has 21 heavy (non-hydrogen) atoms. The summed E-state index contributed by atoms with van der Waals surface area (Å²) in [5, 5.41) is 3.33. The van der Waals surface area contributed by atoms with E-state index < -0.39 is 11.6 Å². The van der Waals surface area contributed by atoms with Gasteiger partial charge in [0.25, 0.3) is 0 Å². The summed E-state index contributed by atoms with van der Waals surface area (Å²) in [5.41, 5.74) is 3.28. The van der Waals surface area contributed by atoms with E-state index >= 15 is 0 Å². The first-order valence-corrected chi connectivity index (χ1v) is 7.12. The number of likely N-dealkylation sites (N-methyl/N-ethyl adjacent to an activating group) is 1. The minimum Gasteiger partial charge on any atom is -0.310 e. The van der Waals surface area contributed by atoms with Crippen molar-refractivity contribution in [2.45, 2.75) is 33.2 Å². The van der Waals surface area contributed by atoms with Gasteiger partial charge >= 0.3 is 0 Å². The second-order valence-corrected chi connectivity index (χ2v) is 5.21. The second kappa shape index (κ2) is 6.76. The molecule has 0 saturated heterocycles.